The van der Waals surface area contributed by atoms with Crippen molar-refractivity contribution in [3.63, 3.8) is 0 Å². The molecule has 0 amide bonds. The molecule has 3 heterocycles. The van der Waals surface area contributed by atoms with Gasteiger partial charge in [0.1, 0.15) is 11.2 Å². The number of hydrogen-bond acceptors (Lipinski definition) is 3. The van der Waals surface area contributed by atoms with Crippen LogP contribution in [-0.4, -0.2) is 10.3 Å². The van der Waals surface area contributed by atoms with Gasteiger partial charge in [-0.15, -0.1) is 0 Å². The number of benzene rings is 7. The molecule has 0 aliphatic carbocycles. The summed E-state index contributed by atoms with van der Waals surface area (Å²) in [6.07, 6.45) is 2.91. The molecule has 1 atom stereocenters. The smallest absolute Gasteiger partial charge is 0.201 e. The van der Waals surface area contributed by atoms with Crippen LogP contribution in [0, 0.1) is 0 Å². The van der Waals surface area contributed by atoms with E-state index in [1.807, 2.05) is 19.9 Å². The average molecular weight is 674 g/mol. The number of para-hydroxylation sites is 4. The highest BCUT2D eigenvalue weighted by atomic mass is 16.3. The Hall–Kier alpha value is -6.65. The molecule has 1 unspecified atom stereocenters. The fraction of sp³-hybridized carbons (Fsp3) is 0.0625. The summed E-state index contributed by atoms with van der Waals surface area (Å²) in [7, 11) is 0. The second-order valence-corrected chi connectivity index (χ2v) is 12.4. The van der Waals surface area contributed by atoms with Gasteiger partial charge in [0.05, 0.1) is 16.7 Å². The summed E-state index contributed by atoms with van der Waals surface area (Å²) in [5, 5.41) is 10.9. The van der Waals surface area contributed by atoms with Gasteiger partial charge < -0.3 is 14.3 Å². The molecule has 0 radical (unpaired) electrons. The van der Waals surface area contributed by atoms with E-state index in [1.165, 1.54) is 21.5 Å². The first kappa shape index (κ1) is 32.5. The third-order valence-electron chi connectivity index (χ3n) is 9.59. The molecule has 0 fully saturated rings. The van der Waals surface area contributed by atoms with Crippen molar-refractivity contribution in [3.8, 4) is 11.1 Å². The highest BCUT2D eigenvalue weighted by Crippen LogP contribution is 2.42. The van der Waals surface area contributed by atoms with Crippen LogP contribution < -0.4 is 5.32 Å². The van der Waals surface area contributed by atoms with Gasteiger partial charge in [-0.05, 0) is 40.6 Å². The van der Waals surface area contributed by atoms with E-state index in [0.717, 1.165) is 66.6 Å². The maximum Gasteiger partial charge on any atom is 0.201 e. The van der Waals surface area contributed by atoms with Gasteiger partial charge in [0, 0.05) is 43.9 Å². The summed E-state index contributed by atoms with van der Waals surface area (Å²) in [6.45, 7) is 10.7. The molecule has 7 aromatic carbocycles. The molecule has 2 aromatic heterocycles. The van der Waals surface area contributed by atoms with Crippen LogP contribution in [-0.2, 0) is 0 Å². The van der Waals surface area contributed by atoms with Gasteiger partial charge in [0.25, 0.3) is 0 Å². The topological polar surface area (TPSA) is 42.5 Å². The molecule has 252 valence electrons. The van der Waals surface area contributed by atoms with Crippen molar-refractivity contribution in [2.24, 2.45) is 4.99 Å². The lowest BCUT2D eigenvalue weighted by Gasteiger charge is -2.28. The zero-order chi connectivity index (χ0) is 35.6. The molecule has 0 spiro atoms. The summed E-state index contributed by atoms with van der Waals surface area (Å²) < 4.78 is 9.19. The Kier molecular flexibility index (Phi) is 8.72. The number of furan rings is 1. The van der Waals surface area contributed by atoms with Crippen molar-refractivity contribution in [3.05, 3.63) is 188 Å². The first-order valence-electron chi connectivity index (χ1n) is 17.8. The molecule has 10 rings (SSSR count). The molecular formula is C48H39N3O. The Morgan fingerprint density at radius 3 is 1.92 bits per heavy atom. The summed E-state index contributed by atoms with van der Waals surface area (Å²) in [5.74, 6) is 0. The molecular weight excluding hydrogens is 635 g/mol. The maximum atomic E-state index is 6.84. The Bertz CT molecular complexity index is 2780. The van der Waals surface area contributed by atoms with Crippen LogP contribution in [0.3, 0.4) is 0 Å². The SMILES string of the molecule is C=CC=C.CC.c1ccc(-c2cccc3c2oc2c(C4=NC(n5c6ccccc6c6c7ccccc7ccc65)Nc5ccccc54)cccc23)cc1. The van der Waals surface area contributed by atoms with E-state index in [4.69, 9.17) is 9.41 Å². The lowest BCUT2D eigenvalue weighted by atomic mass is 9.97. The Balaban J connectivity index is 0.000000606. The van der Waals surface area contributed by atoms with Crippen LogP contribution in [0.1, 0.15) is 31.3 Å². The van der Waals surface area contributed by atoms with E-state index in [9.17, 15) is 0 Å². The molecule has 0 bridgehead atoms. The predicted octanol–water partition coefficient (Wildman–Crippen LogP) is 13.3. The number of fused-ring (bicyclic) bond motifs is 9. The molecule has 4 heteroatoms. The molecule has 4 nitrogen and oxygen atoms in total. The van der Waals surface area contributed by atoms with Crippen molar-refractivity contribution in [2.75, 3.05) is 5.32 Å². The fourth-order valence-electron chi connectivity index (χ4n) is 7.40. The van der Waals surface area contributed by atoms with Crippen LogP contribution in [0.25, 0.3) is 65.6 Å². The summed E-state index contributed by atoms with van der Waals surface area (Å²) in [6, 6.07) is 53.5. The van der Waals surface area contributed by atoms with Crippen molar-refractivity contribution in [1.29, 1.82) is 0 Å². The minimum absolute atomic E-state index is 0.368. The van der Waals surface area contributed by atoms with Crippen LogP contribution in [0.15, 0.2) is 186 Å². The predicted molar refractivity (Wildman–Crippen MR) is 223 cm³/mol. The number of aromatic nitrogens is 1. The lowest BCUT2D eigenvalue weighted by molar-refractivity contribution is 0.624. The quantitative estimate of drug-likeness (QED) is 0.189. The van der Waals surface area contributed by atoms with Crippen molar-refractivity contribution in [1.82, 2.24) is 4.57 Å². The summed E-state index contributed by atoms with van der Waals surface area (Å²) in [5.41, 5.74) is 10.3. The number of nitrogens with one attached hydrogen (secondary N) is 1. The fourth-order valence-corrected chi connectivity index (χ4v) is 7.40. The number of rotatable bonds is 4. The lowest BCUT2D eigenvalue weighted by Crippen LogP contribution is -2.24. The van der Waals surface area contributed by atoms with Gasteiger partial charge in [-0.2, -0.15) is 0 Å². The van der Waals surface area contributed by atoms with Crippen LogP contribution >= 0.6 is 0 Å². The monoisotopic (exact) mass is 673 g/mol. The van der Waals surface area contributed by atoms with Gasteiger partial charge in [0.15, 0.2) is 0 Å². The van der Waals surface area contributed by atoms with Crippen molar-refractivity contribution >= 4 is 65.9 Å². The van der Waals surface area contributed by atoms with Crippen molar-refractivity contribution < 1.29 is 4.42 Å². The van der Waals surface area contributed by atoms with E-state index in [1.54, 1.807) is 12.2 Å². The van der Waals surface area contributed by atoms with Gasteiger partial charge >= 0.3 is 0 Å². The van der Waals surface area contributed by atoms with Crippen LogP contribution in [0.2, 0.25) is 0 Å². The zero-order valence-corrected chi connectivity index (χ0v) is 29.4. The number of aliphatic imine (C=N–C) groups is 1. The molecule has 1 aliphatic rings. The van der Waals surface area contributed by atoms with Gasteiger partial charge in [-0.1, -0.05) is 167 Å². The molecule has 9 aromatic rings. The highest BCUT2D eigenvalue weighted by Gasteiger charge is 2.27. The van der Waals surface area contributed by atoms with Gasteiger partial charge in [-0.3, -0.25) is 0 Å². The molecule has 1 aliphatic heterocycles. The molecule has 0 saturated carbocycles. The number of hydrogen-bond donors (Lipinski definition) is 1. The minimum Gasteiger partial charge on any atom is -0.455 e. The second kappa shape index (κ2) is 13.9. The van der Waals surface area contributed by atoms with Crippen LogP contribution in [0.5, 0.6) is 0 Å². The highest BCUT2D eigenvalue weighted by molar-refractivity contribution is 6.25. The maximum absolute atomic E-state index is 6.84. The van der Waals surface area contributed by atoms with E-state index < -0.39 is 0 Å². The number of anilines is 1. The molecule has 1 N–H and O–H groups in total. The largest absolute Gasteiger partial charge is 0.455 e. The summed E-state index contributed by atoms with van der Waals surface area (Å²) >= 11 is 0. The minimum atomic E-state index is -0.368. The van der Waals surface area contributed by atoms with Gasteiger partial charge in [0.2, 0.25) is 6.29 Å². The standard InChI is InChI=1S/C42H27N3O.C4H6.C2H6/c1-2-12-26(13-3-1)29-18-10-19-30-31-20-11-21-34(41(31)46-40(29)30)39-32-16-6-8-22-35(32)43-42(44-39)45-36-23-9-7-17-33(36)38-28-15-5-4-14-27(28)24-25-37(38)45;1-3-4-2;1-2/h1-25,42-43H;3-4H,1-2H2;1-2H3. The van der Waals surface area contributed by atoms with Crippen LogP contribution in [0.4, 0.5) is 5.69 Å². The first-order valence-corrected chi connectivity index (χ1v) is 17.8. The molecule has 0 saturated heterocycles. The Labute approximate surface area is 303 Å². The first-order chi connectivity index (χ1) is 25.7. The number of allylic oxidation sites excluding steroid dienone is 2. The molecule has 52 heavy (non-hydrogen) atoms. The Morgan fingerprint density at radius 1 is 0.558 bits per heavy atom. The van der Waals surface area contributed by atoms with E-state index in [-0.39, 0.29) is 6.29 Å². The van der Waals surface area contributed by atoms with E-state index in [0.29, 0.717) is 0 Å². The zero-order valence-electron chi connectivity index (χ0n) is 29.4. The van der Waals surface area contributed by atoms with Gasteiger partial charge in [-0.25, -0.2) is 4.99 Å². The van der Waals surface area contributed by atoms with E-state index in [2.05, 4.69) is 169 Å². The van der Waals surface area contributed by atoms with Crippen molar-refractivity contribution in [2.45, 2.75) is 20.1 Å². The Morgan fingerprint density at radius 2 is 1.15 bits per heavy atom. The normalized spacial score (nSPS) is 13.4. The number of nitrogens with zero attached hydrogens (tertiary/aromatic N) is 2. The second-order valence-electron chi connectivity index (χ2n) is 12.4. The average Bonchev–Trinajstić information content (AvgIpc) is 3.78. The summed E-state index contributed by atoms with van der Waals surface area (Å²) in [4.78, 5) is 5.53. The third kappa shape index (κ3) is 5.37. The third-order valence-corrected chi connectivity index (χ3v) is 9.59. The van der Waals surface area contributed by atoms with E-state index >= 15 is 0 Å².